The second-order valence-electron chi connectivity index (χ2n) is 7.09. The number of hydrogen-bond acceptors (Lipinski definition) is 5. The maximum absolute atomic E-state index is 12.8. The van der Waals surface area contributed by atoms with Gasteiger partial charge in [-0.05, 0) is 66.9 Å². The van der Waals surface area contributed by atoms with E-state index < -0.39 is 6.03 Å². The number of halogens is 1. The first-order valence-electron chi connectivity index (χ1n) is 9.46. The number of hydrogen-bond donors (Lipinski definition) is 3. The van der Waals surface area contributed by atoms with E-state index in [4.69, 9.17) is 4.74 Å². The lowest BCUT2D eigenvalue weighted by molar-refractivity contribution is 0.102. The number of amides is 3. The Morgan fingerprint density at radius 2 is 1.68 bits per heavy atom. The van der Waals surface area contributed by atoms with E-state index in [0.29, 0.717) is 31.6 Å². The number of aryl methyl sites for hydroxylation is 4. The van der Waals surface area contributed by atoms with Crippen LogP contribution in [0.1, 0.15) is 32.1 Å². The minimum Gasteiger partial charge on any atom is -0.497 e. The molecule has 0 unspecified atom stereocenters. The molecule has 0 aliphatic carbocycles. The van der Waals surface area contributed by atoms with E-state index in [1.165, 1.54) is 0 Å². The van der Waals surface area contributed by atoms with Gasteiger partial charge in [-0.15, -0.1) is 0 Å². The number of urea groups is 1. The van der Waals surface area contributed by atoms with E-state index >= 15 is 0 Å². The largest absolute Gasteiger partial charge is 0.497 e. The van der Waals surface area contributed by atoms with Crippen molar-refractivity contribution in [3.8, 4) is 5.75 Å². The minimum atomic E-state index is -0.472. The highest BCUT2D eigenvalue weighted by Gasteiger charge is 2.18. The van der Waals surface area contributed by atoms with Crippen LogP contribution in [0.15, 0.2) is 34.8 Å². The van der Waals surface area contributed by atoms with Crippen molar-refractivity contribution in [3.05, 3.63) is 62.1 Å². The van der Waals surface area contributed by atoms with E-state index in [2.05, 4.69) is 36.9 Å². The lowest BCUT2D eigenvalue weighted by Gasteiger charge is -2.12. The predicted octanol–water partition coefficient (Wildman–Crippen LogP) is 6.04. The standard InChI is InChI=1S/C22H23BrN4O3S/c1-11-8-12(2)18(13(3)9-11)26-20(28)19-14(4)24-22(31-19)27-21(29)25-17-10-15(30-5)6-7-16(17)23/h6-10H,1-5H3,(H,26,28)(H2,24,25,27,29). The molecule has 3 rings (SSSR count). The van der Waals surface area contributed by atoms with Crippen molar-refractivity contribution in [1.82, 2.24) is 4.98 Å². The summed E-state index contributed by atoms with van der Waals surface area (Å²) in [6, 6.07) is 8.83. The molecule has 0 bridgehead atoms. The van der Waals surface area contributed by atoms with Crippen LogP contribution in [0, 0.1) is 27.7 Å². The third-order valence-corrected chi connectivity index (χ3v) is 6.32. The lowest BCUT2D eigenvalue weighted by Crippen LogP contribution is -2.19. The summed E-state index contributed by atoms with van der Waals surface area (Å²) in [5, 5.41) is 8.72. The molecule has 0 aliphatic rings. The number of anilines is 3. The van der Waals surface area contributed by atoms with Crippen molar-refractivity contribution < 1.29 is 14.3 Å². The van der Waals surface area contributed by atoms with Crippen LogP contribution in [0.4, 0.5) is 21.3 Å². The summed E-state index contributed by atoms with van der Waals surface area (Å²) >= 11 is 4.51. The fourth-order valence-corrected chi connectivity index (χ4v) is 4.39. The Morgan fingerprint density at radius 3 is 2.32 bits per heavy atom. The summed E-state index contributed by atoms with van der Waals surface area (Å²) < 4.78 is 5.89. The van der Waals surface area contributed by atoms with Gasteiger partial charge in [0.25, 0.3) is 5.91 Å². The number of rotatable bonds is 5. The van der Waals surface area contributed by atoms with E-state index in [1.807, 2.05) is 32.9 Å². The minimum absolute atomic E-state index is 0.256. The quantitative estimate of drug-likeness (QED) is 0.396. The molecule has 0 saturated heterocycles. The monoisotopic (exact) mass is 502 g/mol. The Labute approximate surface area is 193 Å². The van der Waals surface area contributed by atoms with E-state index in [1.54, 1.807) is 32.2 Å². The SMILES string of the molecule is COc1ccc(Br)c(NC(=O)Nc2nc(C)c(C(=O)Nc3c(C)cc(C)cc3C)s2)c1. The van der Waals surface area contributed by atoms with Gasteiger partial charge in [0.2, 0.25) is 0 Å². The smallest absolute Gasteiger partial charge is 0.325 e. The molecule has 7 nitrogen and oxygen atoms in total. The van der Waals surface area contributed by atoms with Gasteiger partial charge in [-0.1, -0.05) is 29.0 Å². The molecule has 9 heteroatoms. The molecule has 3 aromatic rings. The highest BCUT2D eigenvalue weighted by molar-refractivity contribution is 9.10. The molecule has 3 N–H and O–H groups in total. The third kappa shape index (κ3) is 5.42. The molecule has 1 aromatic heterocycles. The van der Waals surface area contributed by atoms with Crippen LogP contribution < -0.4 is 20.7 Å². The first-order chi connectivity index (χ1) is 14.7. The number of carbonyl (C=O) groups excluding carboxylic acids is 2. The van der Waals surface area contributed by atoms with E-state index in [-0.39, 0.29) is 5.91 Å². The van der Waals surface area contributed by atoms with Crippen molar-refractivity contribution >= 4 is 55.7 Å². The van der Waals surface area contributed by atoms with Crippen LogP contribution in [0.5, 0.6) is 5.75 Å². The molecule has 0 spiro atoms. The molecule has 0 fully saturated rings. The van der Waals surface area contributed by atoms with Crippen molar-refractivity contribution in [1.29, 1.82) is 0 Å². The Morgan fingerprint density at radius 1 is 1.00 bits per heavy atom. The molecule has 0 radical (unpaired) electrons. The maximum Gasteiger partial charge on any atom is 0.325 e. The number of nitrogens with one attached hydrogen (secondary N) is 3. The Bertz CT molecular complexity index is 1140. The van der Waals surface area contributed by atoms with Gasteiger partial charge in [0.15, 0.2) is 5.13 Å². The van der Waals surface area contributed by atoms with Crippen LogP contribution in [-0.2, 0) is 0 Å². The molecule has 2 aromatic carbocycles. The molecule has 0 saturated carbocycles. The number of benzene rings is 2. The zero-order valence-corrected chi connectivity index (χ0v) is 20.2. The number of carbonyl (C=O) groups is 2. The third-order valence-electron chi connectivity index (χ3n) is 4.56. The average molecular weight is 503 g/mol. The Balaban J connectivity index is 1.72. The molecule has 0 atom stereocenters. The summed E-state index contributed by atoms with van der Waals surface area (Å²) in [4.78, 5) is 30.0. The number of methoxy groups -OCH3 is 1. The molecule has 1 heterocycles. The van der Waals surface area contributed by atoms with Crippen LogP contribution >= 0.6 is 27.3 Å². The highest BCUT2D eigenvalue weighted by Crippen LogP contribution is 2.29. The molecule has 0 aliphatic heterocycles. The number of thiazole rings is 1. The van der Waals surface area contributed by atoms with Crippen molar-refractivity contribution in [2.75, 3.05) is 23.1 Å². The zero-order chi connectivity index (χ0) is 22.7. The van der Waals surface area contributed by atoms with Crippen LogP contribution in [0.3, 0.4) is 0 Å². The van der Waals surface area contributed by atoms with Gasteiger partial charge in [-0.25, -0.2) is 9.78 Å². The second-order valence-corrected chi connectivity index (χ2v) is 8.94. The van der Waals surface area contributed by atoms with E-state index in [0.717, 1.165) is 33.7 Å². The number of ether oxygens (including phenoxy) is 1. The molecule has 162 valence electrons. The highest BCUT2D eigenvalue weighted by atomic mass is 79.9. The van der Waals surface area contributed by atoms with Crippen molar-refractivity contribution in [2.45, 2.75) is 27.7 Å². The van der Waals surface area contributed by atoms with Gasteiger partial charge in [0.05, 0.1) is 18.5 Å². The van der Waals surface area contributed by atoms with Gasteiger partial charge in [-0.2, -0.15) is 0 Å². The van der Waals surface area contributed by atoms with Gasteiger partial charge in [0, 0.05) is 16.2 Å². The van der Waals surface area contributed by atoms with Crippen LogP contribution in [-0.4, -0.2) is 24.0 Å². The Hall–Kier alpha value is -2.91. The normalized spacial score (nSPS) is 10.5. The average Bonchev–Trinajstić information content (AvgIpc) is 3.06. The fraction of sp³-hybridized carbons (Fsp3) is 0.227. The molecular weight excluding hydrogens is 480 g/mol. The summed E-state index contributed by atoms with van der Waals surface area (Å²) in [6.45, 7) is 7.68. The van der Waals surface area contributed by atoms with Crippen LogP contribution in [0.2, 0.25) is 0 Å². The predicted molar refractivity (Wildman–Crippen MR) is 129 cm³/mol. The zero-order valence-electron chi connectivity index (χ0n) is 17.8. The van der Waals surface area contributed by atoms with Crippen molar-refractivity contribution in [2.24, 2.45) is 0 Å². The summed E-state index contributed by atoms with van der Waals surface area (Å²) in [5.41, 5.74) is 5.01. The lowest BCUT2D eigenvalue weighted by atomic mass is 10.1. The van der Waals surface area contributed by atoms with Crippen molar-refractivity contribution in [3.63, 3.8) is 0 Å². The van der Waals surface area contributed by atoms with E-state index in [9.17, 15) is 9.59 Å². The summed E-state index contributed by atoms with van der Waals surface area (Å²) in [5.74, 6) is 0.360. The number of nitrogens with zero attached hydrogens (tertiary/aromatic N) is 1. The second kappa shape index (κ2) is 9.49. The fourth-order valence-electron chi connectivity index (χ4n) is 3.19. The van der Waals surface area contributed by atoms with Gasteiger partial charge >= 0.3 is 6.03 Å². The first kappa shape index (κ1) is 22.8. The molecular formula is C22H23BrN4O3S. The molecule has 31 heavy (non-hydrogen) atoms. The topological polar surface area (TPSA) is 92.3 Å². The maximum atomic E-state index is 12.8. The van der Waals surface area contributed by atoms with Gasteiger partial charge < -0.3 is 15.4 Å². The first-order valence-corrected chi connectivity index (χ1v) is 11.1. The van der Waals surface area contributed by atoms with Crippen LogP contribution in [0.25, 0.3) is 0 Å². The molecule has 3 amide bonds. The summed E-state index contributed by atoms with van der Waals surface area (Å²) in [7, 11) is 1.55. The number of aromatic nitrogens is 1. The van der Waals surface area contributed by atoms with Gasteiger partial charge in [-0.3, -0.25) is 10.1 Å². The van der Waals surface area contributed by atoms with Gasteiger partial charge in [0.1, 0.15) is 10.6 Å². The Kier molecular flexibility index (Phi) is 6.97. The summed E-state index contributed by atoms with van der Waals surface area (Å²) in [6.07, 6.45) is 0.